The van der Waals surface area contributed by atoms with Gasteiger partial charge in [0, 0.05) is 7.05 Å². The first-order valence-corrected chi connectivity index (χ1v) is 7.54. The highest BCUT2D eigenvalue weighted by Crippen LogP contribution is 2.19. The van der Waals surface area contributed by atoms with Crippen LogP contribution in [0.1, 0.15) is 5.82 Å². The van der Waals surface area contributed by atoms with Crippen molar-refractivity contribution in [3.8, 4) is 0 Å². The van der Waals surface area contributed by atoms with Crippen LogP contribution in [0.5, 0.6) is 0 Å². The van der Waals surface area contributed by atoms with Crippen molar-refractivity contribution in [2.45, 2.75) is 11.8 Å². The van der Waals surface area contributed by atoms with Gasteiger partial charge in [0.25, 0.3) is 10.0 Å². The Morgan fingerprint density at radius 2 is 1.95 bits per heavy atom. The van der Waals surface area contributed by atoms with Gasteiger partial charge in [0.15, 0.2) is 0 Å². The first kappa shape index (κ1) is 15.3. The van der Waals surface area contributed by atoms with Crippen molar-refractivity contribution in [1.29, 1.82) is 0 Å². The Bertz CT molecular complexity index is 869. The van der Waals surface area contributed by atoms with E-state index in [-0.39, 0.29) is 15.7 Å². The summed E-state index contributed by atoms with van der Waals surface area (Å²) in [4.78, 5) is 23.3. The average molecular weight is 331 g/mol. The van der Waals surface area contributed by atoms with Gasteiger partial charge in [0.05, 0.1) is 5.02 Å². The monoisotopic (exact) mass is 330 g/mol. The van der Waals surface area contributed by atoms with Crippen molar-refractivity contribution >= 4 is 27.7 Å². The van der Waals surface area contributed by atoms with Crippen LogP contribution in [0.3, 0.4) is 0 Å². The lowest BCUT2D eigenvalue weighted by Gasteiger charge is -2.07. The molecule has 1 heterocycles. The summed E-state index contributed by atoms with van der Waals surface area (Å²) < 4.78 is 27.4. The van der Waals surface area contributed by atoms with Gasteiger partial charge >= 0.3 is 11.7 Å². The lowest BCUT2D eigenvalue weighted by molar-refractivity contribution is 0.243. The zero-order chi connectivity index (χ0) is 15.8. The zero-order valence-electron chi connectivity index (χ0n) is 11.1. The number of hydrogen-bond donors (Lipinski definition) is 1. The summed E-state index contributed by atoms with van der Waals surface area (Å²) in [6.07, 6.45) is 0. The number of rotatable bonds is 2. The molecule has 0 bridgehead atoms. The number of nitrogens with zero attached hydrogens (tertiary/aromatic N) is 3. The van der Waals surface area contributed by atoms with E-state index in [1.54, 1.807) is 10.8 Å². The van der Waals surface area contributed by atoms with E-state index in [1.165, 1.54) is 32.2 Å². The van der Waals surface area contributed by atoms with Crippen LogP contribution < -0.4 is 10.4 Å². The Kier molecular flexibility index (Phi) is 3.88. The zero-order valence-corrected chi connectivity index (χ0v) is 12.6. The third kappa shape index (κ3) is 2.83. The Labute approximate surface area is 125 Å². The largest absolute Gasteiger partial charge is 0.360 e. The van der Waals surface area contributed by atoms with Crippen molar-refractivity contribution in [2.24, 2.45) is 7.05 Å². The van der Waals surface area contributed by atoms with Gasteiger partial charge in [-0.25, -0.2) is 22.7 Å². The van der Waals surface area contributed by atoms with E-state index in [4.69, 9.17) is 11.6 Å². The molecule has 0 unspecified atom stereocenters. The highest BCUT2D eigenvalue weighted by Gasteiger charge is 2.23. The number of benzene rings is 1. The van der Waals surface area contributed by atoms with Crippen LogP contribution in [0.4, 0.5) is 4.79 Å². The number of aryl methyl sites for hydroxylation is 1. The molecule has 0 radical (unpaired) electrons. The van der Waals surface area contributed by atoms with Gasteiger partial charge in [-0.1, -0.05) is 23.7 Å². The fraction of sp³-hybridized carbons (Fsp3) is 0.182. The maximum Gasteiger partial charge on any atom is 0.360 e. The van der Waals surface area contributed by atoms with E-state index in [2.05, 4.69) is 5.10 Å². The molecule has 1 amide bonds. The molecule has 1 N–H and O–H groups in total. The van der Waals surface area contributed by atoms with Gasteiger partial charge in [0.1, 0.15) is 10.7 Å². The van der Waals surface area contributed by atoms with Crippen LogP contribution >= 0.6 is 11.6 Å². The van der Waals surface area contributed by atoms with Crippen molar-refractivity contribution < 1.29 is 13.2 Å². The molecule has 0 aliphatic rings. The molecule has 0 saturated heterocycles. The smallest absolute Gasteiger partial charge is 0.282 e. The summed E-state index contributed by atoms with van der Waals surface area (Å²) in [5.41, 5.74) is -0.751. The highest BCUT2D eigenvalue weighted by atomic mass is 35.5. The van der Waals surface area contributed by atoms with Crippen LogP contribution in [0.2, 0.25) is 5.02 Å². The minimum absolute atomic E-state index is 0.0395. The second-order valence-electron chi connectivity index (χ2n) is 4.14. The van der Waals surface area contributed by atoms with Gasteiger partial charge in [-0.3, -0.25) is 4.57 Å². The molecule has 0 fully saturated rings. The molecular formula is C11H11ClN4O4S. The predicted molar refractivity (Wildman–Crippen MR) is 74.8 cm³/mol. The van der Waals surface area contributed by atoms with Crippen LogP contribution in [0, 0.1) is 6.92 Å². The first-order chi connectivity index (χ1) is 9.74. The van der Waals surface area contributed by atoms with E-state index in [0.29, 0.717) is 4.68 Å². The third-order valence-electron chi connectivity index (χ3n) is 2.74. The second-order valence-corrected chi connectivity index (χ2v) is 6.20. The molecule has 1 aromatic heterocycles. The van der Waals surface area contributed by atoms with Crippen molar-refractivity contribution in [2.75, 3.05) is 0 Å². The van der Waals surface area contributed by atoms with E-state index in [9.17, 15) is 18.0 Å². The number of halogens is 1. The van der Waals surface area contributed by atoms with Crippen LogP contribution in [-0.4, -0.2) is 28.8 Å². The fourth-order valence-corrected chi connectivity index (χ4v) is 2.99. The lowest BCUT2D eigenvalue weighted by atomic mass is 10.4. The molecule has 8 nitrogen and oxygen atoms in total. The second kappa shape index (κ2) is 5.34. The molecule has 0 aliphatic heterocycles. The summed E-state index contributed by atoms with van der Waals surface area (Å²) >= 11 is 5.78. The molecule has 0 atom stereocenters. The van der Waals surface area contributed by atoms with E-state index in [1.807, 2.05) is 0 Å². The maximum absolute atomic E-state index is 12.1. The van der Waals surface area contributed by atoms with Gasteiger partial charge in [-0.2, -0.15) is 0 Å². The van der Waals surface area contributed by atoms with Crippen molar-refractivity contribution in [3.05, 3.63) is 45.6 Å². The summed E-state index contributed by atoms with van der Waals surface area (Å²) in [5, 5.41) is 3.63. The van der Waals surface area contributed by atoms with Gasteiger partial charge < -0.3 is 0 Å². The molecule has 0 aliphatic carbocycles. The first-order valence-electron chi connectivity index (χ1n) is 5.68. The number of nitrogens with one attached hydrogen (secondary N) is 1. The molecule has 21 heavy (non-hydrogen) atoms. The van der Waals surface area contributed by atoms with Gasteiger partial charge in [-0.05, 0) is 19.1 Å². The van der Waals surface area contributed by atoms with E-state index >= 15 is 0 Å². The number of amides is 1. The Morgan fingerprint density at radius 3 is 2.48 bits per heavy atom. The predicted octanol–water partition coefficient (Wildman–Crippen LogP) is 0.490. The quantitative estimate of drug-likeness (QED) is 0.863. The van der Waals surface area contributed by atoms with Crippen LogP contribution in [0.15, 0.2) is 34.0 Å². The molecule has 2 rings (SSSR count). The molecule has 2 aromatic rings. The molecule has 0 saturated carbocycles. The number of carbonyl (C=O) groups is 1. The standard InChI is InChI=1S/C11H11ClN4O4S/c1-7-13-16(11(18)15(7)2)10(17)14-21(19,20)9-6-4-3-5-8(9)12/h3-6H,1-2H3,(H,14,17). The molecule has 1 aromatic carbocycles. The number of hydrogen-bond acceptors (Lipinski definition) is 5. The summed E-state index contributed by atoms with van der Waals surface area (Å²) in [6, 6.07) is 4.45. The van der Waals surface area contributed by atoms with Crippen molar-refractivity contribution in [3.63, 3.8) is 0 Å². The fourth-order valence-electron chi connectivity index (χ4n) is 1.54. The van der Waals surface area contributed by atoms with Gasteiger partial charge in [-0.15, -0.1) is 9.78 Å². The normalized spacial score (nSPS) is 11.4. The number of aromatic nitrogens is 3. The van der Waals surface area contributed by atoms with Gasteiger partial charge in [0.2, 0.25) is 0 Å². The molecule has 112 valence electrons. The topological polar surface area (TPSA) is 103 Å². The van der Waals surface area contributed by atoms with Crippen LogP contribution in [-0.2, 0) is 17.1 Å². The Balaban J connectivity index is 2.37. The van der Waals surface area contributed by atoms with E-state index < -0.39 is 21.7 Å². The minimum atomic E-state index is -4.20. The Morgan fingerprint density at radius 1 is 1.33 bits per heavy atom. The highest BCUT2D eigenvalue weighted by molar-refractivity contribution is 7.90. The SMILES string of the molecule is Cc1nn(C(=O)NS(=O)(=O)c2ccccc2Cl)c(=O)n1C. The van der Waals surface area contributed by atoms with Crippen molar-refractivity contribution in [1.82, 2.24) is 19.1 Å². The Hall–Kier alpha value is -2.13. The summed E-state index contributed by atoms with van der Waals surface area (Å²) in [5.74, 6) is 0.269. The molecule has 0 spiro atoms. The summed E-state index contributed by atoms with van der Waals surface area (Å²) in [6.45, 7) is 1.51. The van der Waals surface area contributed by atoms with E-state index in [0.717, 1.165) is 4.57 Å². The lowest BCUT2D eigenvalue weighted by Crippen LogP contribution is -2.40. The average Bonchev–Trinajstić information content (AvgIpc) is 2.66. The molecule has 10 heteroatoms. The number of carbonyl (C=O) groups excluding carboxylic acids is 1. The molecular weight excluding hydrogens is 320 g/mol. The minimum Gasteiger partial charge on any atom is -0.282 e. The maximum atomic E-state index is 12.1. The summed E-state index contributed by atoms with van der Waals surface area (Å²) in [7, 11) is -2.79. The third-order valence-corrected chi connectivity index (χ3v) is 4.56. The van der Waals surface area contributed by atoms with Crippen LogP contribution in [0.25, 0.3) is 0 Å². The number of sulfonamides is 1.